The normalized spacial score (nSPS) is 19.4. The van der Waals surface area contributed by atoms with Gasteiger partial charge in [-0.2, -0.15) is 0 Å². The van der Waals surface area contributed by atoms with E-state index in [1.165, 1.54) is 0 Å². The largest absolute Gasteiger partial charge is 0.488 e. The Labute approximate surface area is 321 Å². The van der Waals surface area contributed by atoms with E-state index in [9.17, 15) is 14.3 Å². The van der Waals surface area contributed by atoms with Gasteiger partial charge in [0.15, 0.2) is 23.1 Å². The minimum atomic E-state index is -1.00. The Hall–Kier alpha value is -6.50. The van der Waals surface area contributed by atoms with Crippen LogP contribution in [0.3, 0.4) is 0 Å². The van der Waals surface area contributed by atoms with Crippen LogP contribution in [-0.4, -0.2) is 106 Å². The van der Waals surface area contributed by atoms with Crippen LogP contribution in [-0.2, 0) is 0 Å². The Bertz CT molecular complexity index is 2380. The number of rotatable bonds is 5. The van der Waals surface area contributed by atoms with E-state index in [-0.39, 0.29) is 29.8 Å². The maximum Gasteiger partial charge on any atom is 0.274 e. The van der Waals surface area contributed by atoms with Crippen molar-refractivity contribution in [1.29, 1.82) is 0 Å². The first-order valence-electron chi connectivity index (χ1n) is 18.9. The Morgan fingerprint density at radius 1 is 0.946 bits per heavy atom. The van der Waals surface area contributed by atoms with Crippen LogP contribution in [0.25, 0.3) is 28.5 Å². The van der Waals surface area contributed by atoms with Crippen LogP contribution < -0.4 is 25.4 Å². The number of imidazole rings is 1. The van der Waals surface area contributed by atoms with Crippen LogP contribution in [0.1, 0.15) is 68.7 Å². The minimum absolute atomic E-state index is 0.0625. The van der Waals surface area contributed by atoms with Gasteiger partial charge in [-0.05, 0) is 84.3 Å². The van der Waals surface area contributed by atoms with Crippen molar-refractivity contribution in [2.24, 2.45) is 0 Å². The lowest BCUT2D eigenvalue weighted by atomic mass is 10.1. The highest BCUT2D eigenvalue weighted by molar-refractivity contribution is 6.05. The number of nitrogens with two attached hydrogens (primary N) is 1. The summed E-state index contributed by atoms with van der Waals surface area (Å²) in [4.78, 5) is 24.7. The van der Waals surface area contributed by atoms with E-state index in [1.54, 1.807) is 34.0 Å². The third-order valence-electron chi connectivity index (χ3n) is 10.0. The third kappa shape index (κ3) is 6.96. The zero-order chi connectivity index (χ0) is 39.6. The molecule has 1 aliphatic carbocycles. The average Bonchev–Trinajstić information content (AvgIpc) is 3.59. The van der Waals surface area contributed by atoms with E-state index < -0.39 is 7.15 Å². The molecule has 18 nitrogen and oxygen atoms in total. The number of pyridine rings is 1. The molecule has 19 heteroatoms. The summed E-state index contributed by atoms with van der Waals surface area (Å²) in [6.07, 6.45) is 8.14. The Balaban J connectivity index is 0.000000199. The number of tetrazole rings is 2. The number of nitrogens with one attached hydrogen (secondary N) is 1. The van der Waals surface area contributed by atoms with Crippen molar-refractivity contribution in [2.75, 3.05) is 49.4 Å². The molecule has 1 saturated carbocycles. The number of hydrogen-bond donors (Lipinski definition) is 3. The van der Waals surface area contributed by atoms with E-state index in [4.69, 9.17) is 16.6 Å². The summed E-state index contributed by atoms with van der Waals surface area (Å²) >= 11 is 0. The SMILES string of the molecule is C[C@@H]1COc2c(N)cccc2-c2nnnn21.C[C@@H]1COc2c(NC(=O)c3cc(-n4cnc(C5CC5)c4)c(N4CC[C@@H](O)C4)cn3)cccc2-c2nnnn21.[2H]CF. The number of hydrogen-bond acceptors (Lipinski definition) is 14. The summed E-state index contributed by atoms with van der Waals surface area (Å²) in [6, 6.07) is 12.9. The molecule has 2 fully saturated rings. The van der Waals surface area contributed by atoms with Gasteiger partial charge in [-0.15, -0.1) is 10.2 Å². The van der Waals surface area contributed by atoms with Gasteiger partial charge in [-0.1, -0.05) is 12.1 Å². The first kappa shape index (κ1) is 35.2. The number of halogens is 1. The van der Waals surface area contributed by atoms with E-state index in [0.717, 1.165) is 42.0 Å². The van der Waals surface area contributed by atoms with Crippen LogP contribution in [0.2, 0.25) is 0 Å². The maximum atomic E-state index is 13.5. The molecule has 0 radical (unpaired) electrons. The van der Waals surface area contributed by atoms with Gasteiger partial charge < -0.3 is 35.1 Å². The summed E-state index contributed by atoms with van der Waals surface area (Å²) in [5.41, 5.74) is 11.5. The number of para-hydroxylation sites is 2. The van der Waals surface area contributed by atoms with Gasteiger partial charge in [0, 0.05) is 25.2 Å². The monoisotopic (exact) mass is 765 g/mol. The molecule has 3 atom stereocenters. The molecule has 4 aromatic heterocycles. The van der Waals surface area contributed by atoms with Crippen LogP contribution in [0, 0.1) is 0 Å². The van der Waals surface area contributed by atoms with E-state index in [1.807, 2.05) is 54.9 Å². The van der Waals surface area contributed by atoms with E-state index in [0.29, 0.717) is 72.2 Å². The molecule has 4 aliphatic rings. The zero-order valence-corrected chi connectivity index (χ0v) is 30.7. The fraction of sp³-hybridized carbons (Fsp3) is 0.378. The number of β-amino-alcohol motifs (C(OH)–C–C–N with tert-alkyl or cyclic N) is 1. The molecule has 7 heterocycles. The molecule has 0 bridgehead atoms. The standard InChI is InChI=1S/C26H27N9O3.C10H11N5O.CH3F/c1-15-13-38-24-18(25-30-31-32-35(15)25)3-2-4-19(24)29-26(37)20-9-22(34-12-21(28-14-34)16-5-6-16)23(10-27-20)33-8-7-17(36)11-33;1-6-5-16-9-7(3-2-4-8(9)11)10-12-13-14-15(6)10;1-2/h2-4,9-10,12,14-17,36H,5-8,11,13H2,1H3,(H,29,37);2-4,6H,5,11H2,1H3;1H3/t15-,17-;6-;/m11./s1/i;;1D. The van der Waals surface area contributed by atoms with Gasteiger partial charge in [-0.3, -0.25) is 9.18 Å². The zero-order valence-electron chi connectivity index (χ0n) is 31.7. The number of alkyl halides is 1. The smallest absolute Gasteiger partial charge is 0.274 e. The fourth-order valence-electron chi connectivity index (χ4n) is 6.96. The number of nitrogen functional groups attached to an aromatic ring is 1. The highest BCUT2D eigenvalue weighted by Crippen LogP contribution is 2.41. The minimum Gasteiger partial charge on any atom is -0.488 e. The molecule has 4 N–H and O–H groups in total. The van der Waals surface area contributed by atoms with Crippen molar-refractivity contribution in [3.05, 3.63) is 72.6 Å². The summed E-state index contributed by atoms with van der Waals surface area (Å²) in [6.45, 7) is 6.09. The highest BCUT2D eigenvalue weighted by Gasteiger charge is 2.30. The number of nitrogens with zero attached hydrogens (tertiary/aromatic N) is 12. The molecule has 0 spiro atoms. The van der Waals surface area contributed by atoms with Gasteiger partial charge in [0.2, 0.25) is 0 Å². The van der Waals surface area contributed by atoms with Gasteiger partial charge in [0.1, 0.15) is 18.9 Å². The number of carbonyl (C=O) groups excluding carboxylic acids is 1. The second-order valence-corrected chi connectivity index (χ2v) is 14.0. The molecule has 0 unspecified atom stereocenters. The lowest BCUT2D eigenvalue weighted by Gasteiger charge is -2.22. The Morgan fingerprint density at radius 3 is 2.27 bits per heavy atom. The molecule has 1 amide bonds. The number of aliphatic hydroxyl groups excluding tert-OH is 1. The summed E-state index contributed by atoms with van der Waals surface area (Å²) in [5, 5.41) is 36.8. The lowest BCUT2D eigenvalue weighted by Crippen LogP contribution is -2.24. The fourth-order valence-corrected chi connectivity index (χ4v) is 6.96. The molecule has 3 aliphatic heterocycles. The van der Waals surface area contributed by atoms with Crippen molar-refractivity contribution in [1.82, 2.24) is 54.9 Å². The molecule has 2 aromatic carbocycles. The maximum absolute atomic E-state index is 13.5. The van der Waals surface area contributed by atoms with Crippen molar-refractivity contribution in [3.63, 3.8) is 0 Å². The van der Waals surface area contributed by atoms with Crippen LogP contribution in [0.15, 0.2) is 61.2 Å². The van der Waals surface area contributed by atoms with Gasteiger partial charge in [-0.25, -0.2) is 19.3 Å². The van der Waals surface area contributed by atoms with Gasteiger partial charge in [0.05, 0.1) is 78.8 Å². The Kier molecular flexibility index (Phi) is 9.64. The van der Waals surface area contributed by atoms with Gasteiger partial charge in [0.25, 0.3) is 5.91 Å². The van der Waals surface area contributed by atoms with E-state index in [2.05, 4.69) is 51.2 Å². The number of ether oxygens (including phenoxy) is 2. The van der Waals surface area contributed by atoms with Crippen molar-refractivity contribution < 1.29 is 25.1 Å². The van der Waals surface area contributed by atoms with Crippen LogP contribution >= 0.6 is 0 Å². The number of carbonyl (C=O) groups is 1. The first-order chi connectivity index (χ1) is 27.7. The van der Waals surface area contributed by atoms with E-state index >= 15 is 0 Å². The van der Waals surface area contributed by atoms with Crippen molar-refractivity contribution in [2.45, 2.75) is 57.2 Å². The molecule has 6 aromatic rings. The number of benzene rings is 2. The molecule has 10 rings (SSSR count). The molecular formula is C37H41FN14O4. The lowest BCUT2D eigenvalue weighted by molar-refractivity contribution is 0.102. The van der Waals surface area contributed by atoms with Crippen molar-refractivity contribution >= 4 is 23.0 Å². The van der Waals surface area contributed by atoms with Gasteiger partial charge >= 0.3 is 0 Å². The second-order valence-electron chi connectivity index (χ2n) is 14.0. The first-order valence-corrected chi connectivity index (χ1v) is 18.2. The summed E-state index contributed by atoms with van der Waals surface area (Å²) in [7, 11) is -1.00. The van der Waals surface area contributed by atoms with Crippen molar-refractivity contribution in [3.8, 4) is 40.0 Å². The quantitative estimate of drug-likeness (QED) is 0.211. The predicted molar refractivity (Wildman–Crippen MR) is 202 cm³/mol. The average molecular weight is 766 g/mol. The number of aromatic nitrogens is 11. The topological polar surface area (TPSA) is 215 Å². The molecular weight excluding hydrogens is 723 g/mol. The summed E-state index contributed by atoms with van der Waals surface area (Å²) in [5.74, 6) is 2.62. The summed E-state index contributed by atoms with van der Waals surface area (Å²) < 4.78 is 32.7. The number of amides is 1. The molecule has 1 saturated heterocycles. The highest BCUT2D eigenvalue weighted by atomic mass is 19.1. The number of aliphatic hydroxyl groups is 1. The predicted octanol–water partition coefficient (Wildman–Crippen LogP) is 4.04. The molecule has 290 valence electrons. The third-order valence-corrected chi connectivity index (χ3v) is 10.0. The number of anilines is 3. The van der Waals surface area contributed by atoms with Crippen LogP contribution in [0.5, 0.6) is 11.5 Å². The van der Waals surface area contributed by atoms with Crippen LogP contribution in [0.4, 0.5) is 21.5 Å². The molecule has 56 heavy (non-hydrogen) atoms. The second kappa shape index (κ2) is 15.3. The Morgan fingerprint density at radius 2 is 1.61 bits per heavy atom. The number of fused-ring (bicyclic) bond motifs is 6.